The van der Waals surface area contributed by atoms with Gasteiger partial charge in [-0.05, 0) is 95.5 Å². The van der Waals surface area contributed by atoms with E-state index in [1.165, 1.54) is 48.6 Å². The van der Waals surface area contributed by atoms with Crippen molar-refractivity contribution in [3.8, 4) is 46.3 Å². The molecule has 4 aromatic heterocycles. The quantitative estimate of drug-likeness (QED) is 0.0389. The Labute approximate surface area is 564 Å². The van der Waals surface area contributed by atoms with Crippen LogP contribution in [0.2, 0.25) is 0 Å². The first-order chi connectivity index (χ1) is 46.5. The van der Waals surface area contributed by atoms with Crippen LogP contribution in [0.25, 0.3) is 33.5 Å². The minimum Gasteiger partial charge on any atom is -0.624 e. The number of hydrogen-bond acceptors (Lipinski definition) is 12. The maximum Gasteiger partial charge on any atom is 2.00 e. The molecular formula is C72H50CoF12N4O10. The van der Waals surface area contributed by atoms with Crippen molar-refractivity contribution in [2.45, 2.75) is 67.2 Å². The zero-order chi connectivity index (χ0) is 70.3. The van der Waals surface area contributed by atoms with E-state index in [4.69, 9.17) is 37.3 Å². The Kier molecular flexibility index (Phi) is 20.8. The van der Waals surface area contributed by atoms with Crippen molar-refractivity contribution < 1.29 is 107 Å². The van der Waals surface area contributed by atoms with E-state index in [2.05, 4.69) is 20.0 Å². The van der Waals surface area contributed by atoms with Crippen molar-refractivity contribution in [1.82, 2.24) is 9.97 Å². The first-order valence-electron chi connectivity index (χ1n) is 29.7. The van der Waals surface area contributed by atoms with Crippen LogP contribution in [-0.4, -0.2) is 11.8 Å². The number of halogens is 12. The summed E-state index contributed by atoms with van der Waals surface area (Å²) in [7, 11) is 0. The molecule has 0 aliphatic carbocycles. The number of rotatable bonds is 16. The Morgan fingerprint density at radius 1 is 0.394 bits per heavy atom. The second kappa shape index (κ2) is 29.0. The molecule has 0 saturated carbocycles. The Hall–Kier alpha value is -10.9. The topological polar surface area (TPSA) is 169 Å². The van der Waals surface area contributed by atoms with E-state index < -0.39 is 104 Å². The molecule has 1 radical (unpaired) electrons. The third-order valence-electron chi connectivity index (χ3n) is 14.8. The molecule has 0 atom stereocenters. The fourth-order valence-corrected chi connectivity index (χ4v) is 10.1. The standard InChI is InChI=1S/2C36H25F6N2O5.Co/c1-16(2)21-14-28(48-34-25(40)11-19(37)12-26(34)41)43-32(21)36(46-20-7-5-18-6-10-30(45)47-27(18)13-20)33-22(17(3)4)15-29(44-33)49-35-24(39)9-8-23(38)31(35)42;1-16(2)22-14-29(48-34-24(39)9-19(37)10-25(34)40)43-32(22)36(46-21-7-5-18-6-8-31(45)47-28(18)13-21)33-23(17(3)4)15-30(44-33)49-35-26(41)11-20(38)12-27(35)42;/h2*5-17H,1-4H3;/q2*-1;+2. The van der Waals surface area contributed by atoms with E-state index in [0.717, 1.165) is 0 Å². The van der Waals surface area contributed by atoms with Gasteiger partial charge >= 0.3 is 28.0 Å². The minimum atomic E-state index is -1.56. The molecule has 0 bridgehead atoms. The van der Waals surface area contributed by atoms with Gasteiger partial charge in [0.25, 0.3) is 0 Å². The van der Waals surface area contributed by atoms with Gasteiger partial charge in [0, 0.05) is 95.3 Å². The Morgan fingerprint density at radius 2 is 0.737 bits per heavy atom. The van der Waals surface area contributed by atoms with Gasteiger partial charge in [-0.2, -0.15) is 4.39 Å². The summed E-state index contributed by atoms with van der Waals surface area (Å²) in [5, 5.41) is 1.18. The van der Waals surface area contributed by atoms with Gasteiger partial charge < -0.3 is 47.2 Å². The monoisotopic (exact) mass is 1420 g/mol. The maximum atomic E-state index is 14.6. The molecule has 27 heteroatoms. The molecule has 0 unspecified atom stereocenters. The van der Waals surface area contributed by atoms with Gasteiger partial charge in [-0.25, -0.2) is 67.9 Å². The third-order valence-corrected chi connectivity index (χ3v) is 14.8. The molecule has 0 saturated heterocycles. The summed E-state index contributed by atoms with van der Waals surface area (Å²) in [6, 6.07) is 21.9. The predicted octanol–water partition coefficient (Wildman–Crippen LogP) is 18.6. The van der Waals surface area contributed by atoms with Crippen LogP contribution >= 0.6 is 0 Å². The van der Waals surface area contributed by atoms with Crippen LogP contribution in [-0.2, 0) is 16.8 Å². The normalized spacial score (nSPS) is 13.9. The van der Waals surface area contributed by atoms with Gasteiger partial charge in [-0.3, -0.25) is 0 Å². The molecular weight excluding hydrogens is 1370 g/mol. The van der Waals surface area contributed by atoms with E-state index in [1.54, 1.807) is 64.1 Å². The van der Waals surface area contributed by atoms with Crippen LogP contribution in [0, 0.1) is 81.6 Å². The van der Waals surface area contributed by atoms with E-state index in [9.17, 15) is 62.3 Å². The summed E-state index contributed by atoms with van der Waals surface area (Å²) in [4.78, 5) is 41.8. The fraction of sp³-hybridized carbons (Fsp3) is 0.167. The van der Waals surface area contributed by atoms with Crippen molar-refractivity contribution in [2.75, 3.05) is 0 Å². The summed E-state index contributed by atoms with van der Waals surface area (Å²) in [5.41, 5.74) is 1.42. The first kappa shape index (κ1) is 70.9. The van der Waals surface area contributed by atoms with Gasteiger partial charge in [0.1, 0.15) is 63.0 Å². The number of nitrogens with zero attached hydrogens (tertiary/aromatic N) is 4. The average Bonchev–Trinajstić information content (AvgIpc) is 1.65. The molecule has 10 aromatic rings. The number of aromatic nitrogens is 2. The summed E-state index contributed by atoms with van der Waals surface area (Å²) in [5.74, 6) is -21.1. The number of aliphatic imine (C=N–C) groups is 2. The molecule has 0 fully saturated rings. The van der Waals surface area contributed by atoms with E-state index in [1.807, 2.05) is 27.7 Å². The first-order valence-corrected chi connectivity index (χ1v) is 29.7. The van der Waals surface area contributed by atoms with Crippen molar-refractivity contribution in [1.29, 1.82) is 0 Å². The Bertz CT molecular complexity index is 5110. The summed E-state index contributed by atoms with van der Waals surface area (Å²) < 4.78 is 216. The van der Waals surface area contributed by atoms with E-state index >= 15 is 0 Å². The second-order valence-electron chi connectivity index (χ2n) is 23.2. The molecule has 99 heavy (non-hydrogen) atoms. The molecule has 12 rings (SSSR count). The number of hydrogen-bond donors (Lipinski definition) is 0. The van der Waals surface area contributed by atoms with Gasteiger partial charge in [-0.1, -0.05) is 77.9 Å². The van der Waals surface area contributed by atoms with Crippen molar-refractivity contribution in [3.05, 3.63) is 269 Å². The van der Waals surface area contributed by atoms with Crippen LogP contribution < -0.4 is 49.6 Å². The number of benzene rings is 6. The fourth-order valence-electron chi connectivity index (χ4n) is 10.1. The van der Waals surface area contributed by atoms with E-state index in [-0.39, 0.29) is 121 Å². The summed E-state index contributed by atoms with van der Waals surface area (Å²) in [6.07, 6.45) is 2.81. The smallest absolute Gasteiger partial charge is 0.624 e. The van der Waals surface area contributed by atoms with Crippen LogP contribution in [0.3, 0.4) is 0 Å². The van der Waals surface area contributed by atoms with Crippen LogP contribution in [0.1, 0.15) is 89.7 Å². The zero-order valence-corrected chi connectivity index (χ0v) is 53.8. The van der Waals surface area contributed by atoms with Gasteiger partial charge in [0.2, 0.25) is 29.1 Å². The van der Waals surface area contributed by atoms with Crippen molar-refractivity contribution in [2.24, 2.45) is 21.8 Å². The van der Waals surface area contributed by atoms with Crippen LogP contribution in [0.4, 0.5) is 52.7 Å². The van der Waals surface area contributed by atoms with Gasteiger partial charge in [0.05, 0.1) is 0 Å². The molecule has 511 valence electrons. The molecule has 0 N–H and O–H groups in total. The third kappa shape index (κ3) is 15.4. The molecule has 2 aliphatic heterocycles. The van der Waals surface area contributed by atoms with E-state index in [0.29, 0.717) is 81.6 Å². The molecule has 6 heterocycles. The van der Waals surface area contributed by atoms with Crippen LogP contribution in [0.15, 0.2) is 184 Å². The maximum absolute atomic E-state index is 14.6. The largest absolute Gasteiger partial charge is 2.00 e. The Morgan fingerprint density at radius 3 is 1.10 bits per heavy atom. The summed E-state index contributed by atoms with van der Waals surface area (Å²) in [6.45, 7) is 14.4. The molecule has 2 aliphatic rings. The van der Waals surface area contributed by atoms with Gasteiger partial charge in [0.15, 0.2) is 58.0 Å². The zero-order valence-electron chi connectivity index (χ0n) is 52.8. The SMILES string of the molecule is CC(C)C1=CC(Oc2c(F)cc(F)cc2F)=N/C1=C(/Oc1ccc2ccc(=O)oc2c1)c1[n-]c(Oc2c(F)cc(F)cc2F)cc1C(C)C.CC(C)C1=CC(Oc2c(F)ccc(F)c2F)=N/C1=C(/Oc1ccc2ccc(=O)oc2c1)c1[n-]c(Oc2c(F)cc(F)cc2F)cc1C(C)C.[Co+2]. The van der Waals surface area contributed by atoms with Gasteiger partial charge in [-0.15, -0.1) is 0 Å². The Balaban J connectivity index is 0.000000212. The number of fused-ring (bicyclic) bond motifs is 2. The predicted molar refractivity (Wildman–Crippen MR) is 335 cm³/mol. The molecule has 0 spiro atoms. The van der Waals surface area contributed by atoms with Crippen molar-refractivity contribution in [3.63, 3.8) is 0 Å². The summed E-state index contributed by atoms with van der Waals surface area (Å²) >= 11 is 0. The molecule has 6 aromatic carbocycles. The minimum absolute atomic E-state index is 0. The average molecular weight is 1420 g/mol. The molecule has 14 nitrogen and oxygen atoms in total. The van der Waals surface area contributed by atoms with Crippen molar-refractivity contribution >= 4 is 45.3 Å². The second-order valence-corrected chi connectivity index (χ2v) is 23.2. The van der Waals surface area contributed by atoms with Crippen LogP contribution in [0.5, 0.6) is 46.3 Å². The molecule has 0 amide bonds. The number of allylic oxidation sites excluding steroid dienone is 2. The number of ether oxygens (including phenoxy) is 6.